The van der Waals surface area contributed by atoms with E-state index in [1.54, 1.807) is 12.4 Å². The molecule has 14 heavy (non-hydrogen) atoms. The van der Waals surface area contributed by atoms with Crippen molar-refractivity contribution in [1.29, 1.82) is 0 Å². The van der Waals surface area contributed by atoms with Gasteiger partial charge in [0.25, 0.3) is 0 Å². The molecule has 2 rings (SSSR count). The van der Waals surface area contributed by atoms with Crippen molar-refractivity contribution in [2.75, 3.05) is 11.1 Å². The molecule has 4 nitrogen and oxygen atoms in total. The van der Waals surface area contributed by atoms with E-state index in [-0.39, 0.29) is 0 Å². The van der Waals surface area contributed by atoms with Gasteiger partial charge in [-0.2, -0.15) is 0 Å². The van der Waals surface area contributed by atoms with Crippen LogP contribution in [-0.4, -0.2) is 16.0 Å². The number of hydrogen-bond acceptors (Lipinski definition) is 4. The Labute approximate surface area is 83.9 Å². The van der Waals surface area contributed by atoms with Crippen molar-refractivity contribution in [3.63, 3.8) is 0 Å². The van der Waals surface area contributed by atoms with Gasteiger partial charge in [0.05, 0.1) is 0 Å². The summed E-state index contributed by atoms with van der Waals surface area (Å²) < 4.78 is 0. The van der Waals surface area contributed by atoms with Crippen LogP contribution in [0.5, 0.6) is 0 Å². The van der Waals surface area contributed by atoms with Crippen molar-refractivity contribution in [3.05, 3.63) is 12.4 Å². The zero-order valence-corrected chi connectivity index (χ0v) is 8.24. The lowest BCUT2D eigenvalue weighted by molar-refractivity contribution is 0.462. The molecule has 1 saturated carbocycles. The zero-order chi connectivity index (χ0) is 9.80. The molecule has 3 N–H and O–H groups in total. The molecule has 0 unspecified atom stereocenters. The third-order valence-electron chi connectivity index (χ3n) is 2.67. The number of aromatic nitrogens is 2. The highest BCUT2D eigenvalue weighted by atomic mass is 15.1. The first-order chi connectivity index (χ1) is 6.86. The minimum Gasteiger partial charge on any atom is -0.381 e. The van der Waals surface area contributed by atoms with Gasteiger partial charge in [0.2, 0.25) is 0 Å². The largest absolute Gasteiger partial charge is 0.381 e. The topological polar surface area (TPSA) is 63.8 Å². The van der Waals surface area contributed by atoms with E-state index in [9.17, 15) is 0 Å². The summed E-state index contributed by atoms with van der Waals surface area (Å²) in [6.45, 7) is 0. The minimum absolute atomic E-state index is 0.498. The van der Waals surface area contributed by atoms with Crippen molar-refractivity contribution in [1.82, 2.24) is 9.97 Å². The Kier molecular flexibility index (Phi) is 2.81. The van der Waals surface area contributed by atoms with Crippen LogP contribution in [0.1, 0.15) is 32.1 Å². The van der Waals surface area contributed by atoms with Crippen LogP contribution in [-0.2, 0) is 0 Å². The molecule has 1 heterocycles. The van der Waals surface area contributed by atoms with E-state index in [2.05, 4.69) is 15.3 Å². The number of nitrogens with two attached hydrogens (primary N) is 1. The van der Waals surface area contributed by atoms with Crippen molar-refractivity contribution in [3.8, 4) is 0 Å². The van der Waals surface area contributed by atoms with E-state index in [4.69, 9.17) is 5.73 Å². The number of rotatable bonds is 2. The van der Waals surface area contributed by atoms with Crippen molar-refractivity contribution in [2.45, 2.75) is 38.1 Å². The monoisotopic (exact) mass is 192 g/mol. The van der Waals surface area contributed by atoms with Crippen LogP contribution in [0, 0.1) is 0 Å². The smallest absolute Gasteiger partial charge is 0.169 e. The first-order valence-corrected chi connectivity index (χ1v) is 5.19. The van der Waals surface area contributed by atoms with Gasteiger partial charge in [-0.25, -0.2) is 9.97 Å². The molecule has 1 aromatic heterocycles. The lowest BCUT2D eigenvalue weighted by atomic mass is 9.95. The van der Waals surface area contributed by atoms with Gasteiger partial charge in [-0.15, -0.1) is 0 Å². The Morgan fingerprint density at radius 3 is 2.57 bits per heavy atom. The third kappa shape index (κ3) is 2.13. The van der Waals surface area contributed by atoms with Gasteiger partial charge in [-0.1, -0.05) is 19.3 Å². The summed E-state index contributed by atoms with van der Waals surface area (Å²) in [5.74, 6) is 1.23. The average Bonchev–Trinajstić information content (AvgIpc) is 2.23. The highest BCUT2D eigenvalue weighted by Gasteiger charge is 2.14. The van der Waals surface area contributed by atoms with Gasteiger partial charge in [-0.3, -0.25) is 0 Å². The summed E-state index contributed by atoms with van der Waals surface area (Å²) >= 11 is 0. The Morgan fingerprint density at radius 1 is 1.14 bits per heavy atom. The molecule has 0 radical (unpaired) electrons. The van der Waals surface area contributed by atoms with E-state index in [1.807, 2.05) is 0 Å². The van der Waals surface area contributed by atoms with Crippen molar-refractivity contribution < 1.29 is 0 Å². The number of hydrogen-bond donors (Lipinski definition) is 2. The van der Waals surface area contributed by atoms with Crippen LogP contribution in [0.4, 0.5) is 11.6 Å². The van der Waals surface area contributed by atoms with Crippen LogP contribution in [0.3, 0.4) is 0 Å². The van der Waals surface area contributed by atoms with Gasteiger partial charge in [0.1, 0.15) is 0 Å². The van der Waals surface area contributed by atoms with Crippen LogP contribution in [0.2, 0.25) is 0 Å². The van der Waals surface area contributed by atoms with Crippen LogP contribution < -0.4 is 11.1 Å². The number of nitrogens with zero attached hydrogens (tertiary/aromatic N) is 2. The number of anilines is 2. The normalized spacial score (nSPS) is 18.0. The first-order valence-electron chi connectivity index (χ1n) is 5.19. The Balaban J connectivity index is 1.99. The summed E-state index contributed by atoms with van der Waals surface area (Å²) in [5, 5.41) is 3.35. The second-order valence-corrected chi connectivity index (χ2v) is 3.77. The van der Waals surface area contributed by atoms with E-state index >= 15 is 0 Å². The molecule has 76 valence electrons. The molecule has 0 bridgehead atoms. The van der Waals surface area contributed by atoms with Gasteiger partial charge in [-0.05, 0) is 12.8 Å². The summed E-state index contributed by atoms with van der Waals surface area (Å²) in [4.78, 5) is 8.17. The quantitative estimate of drug-likeness (QED) is 0.750. The molecule has 0 saturated heterocycles. The molecule has 0 aromatic carbocycles. The molecule has 0 spiro atoms. The van der Waals surface area contributed by atoms with Crippen LogP contribution in [0.15, 0.2) is 12.4 Å². The SMILES string of the molecule is Nc1nccnc1NC1CCCCC1. The van der Waals surface area contributed by atoms with Gasteiger partial charge < -0.3 is 11.1 Å². The van der Waals surface area contributed by atoms with Gasteiger partial charge >= 0.3 is 0 Å². The minimum atomic E-state index is 0.498. The van der Waals surface area contributed by atoms with E-state index in [0.29, 0.717) is 11.9 Å². The van der Waals surface area contributed by atoms with E-state index in [1.165, 1.54) is 32.1 Å². The fourth-order valence-electron chi connectivity index (χ4n) is 1.90. The zero-order valence-electron chi connectivity index (χ0n) is 8.24. The van der Waals surface area contributed by atoms with E-state index in [0.717, 1.165) is 5.82 Å². The highest BCUT2D eigenvalue weighted by molar-refractivity contribution is 5.55. The number of nitrogen functional groups attached to an aromatic ring is 1. The molecule has 1 aliphatic rings. The van der Waals surface area contributed by atoms with Gasteiger partial charge in [0, 0.05) is 18.4 Å². The highest BCUT2D eigenvalue weighted by Crippen LogP contribution is 2.22. The lowest BCUT2D eigenvalue weighted by Crippen LogP contribution is -2.23. The third-order valence-corrected chi connectivity index (χ3v) is 2.67. The molecule has 0 amide bonds. The lowest BCUT2D eigenvalue weighted by Gasteiger charge is -2.23. The second-order valence-electron chi connectivity index (χ2n) is 3.77. The molecule has 4 heteroatoms. The predicted octanol–water partition coefficient (Wildman–Crippen LogP) is 1.80. The summed E-state index contributed by atoms with van der Waals surface area (Å²) in [5.41, 5.74) is 5.70. The average molecular weight is 192 g/mol. The number of nitrogens with one attached hydrogen (secondary N) is 1. The van der Waals surface area contributed by atoms with Crippen LogP contribution in [0.25, 0.3) is 0 Å². The molecule has 1 aliphatic carbocycles. The molecule has 0 aliphatic heterocycles. The first kappa shape index (κ1) is 9.24. The second kappa shape index (κ2) is 4.26. The maximum absolute atomic E-state index is 5.70. The van der Waals surface area contributed by atoms with E-state index < -0.39 is 0 Å². The maximum atomic E-state index is 5.70. The van der Waals surface area contributed by atoms with Crippen molar-refractivity contribution >= 4 is 11.6 Å². The fourth-order valence-corrected chi connectivity index (χ4v) is 1.90. The van der Waals surface area contributed by atoms with Gasteiger partial charge in [0.15, 0.2) is 11.6 Å². The van der Waals surface area contributed by atoms with Crippen LogP contribution >= 0.6 is 0 Å². The molecule has 0 atom stereocenters. The summed E-state index contributed by atoms with van der Waals surface area (Å²) in [6.07, 6.45) is 9.68. The van der Waals surface area contributed by atoms with Crippen molar-refractivity contribution in [2.24, 2.45) is 0 Å². The summed E-state index contributed by atoms with van der Waals surface area (Å²) in [6, 6.07) is 0.530. The summed E-state index contributed by atoms with van der Waals surface area (Å²) in [7, 11) is 0. The predicted molar refractivity (Wildman–Crippen MR) is 56.9 cm³/mol. The fraction of sp³-hybridized carbons (Fsp3) is 0.600. The molecule has 1 aromatic rings. The maximum Gasteiger partial charge on any atom is 0.169 e. The molecular weight excluding hydrogens is 176 g/mol. The molecule has 1 fully saturated rings. The Morgan fingerprint density at radius 2 is 1.86 bits per heavy atom. The molecular formula is C10H16N4. The Hall–Kier alpha value is -1.32. The standard InChI is InChI=1S/C10H16N4/c11-9-10(13-7-6-12-9)14-8-4-2-1-3-5-8/h6-8H,1-5H2,(H2,11,12)(H,13,14). The Bertz CT molecular complexity index is 294.